The number of ether oxygens (including phenoxy) is 2. The SMILES string of the molecule is CC(C)(C)OC(=O)N1CCCC[C@@H]1c1ccc(Oc2ccccc2)nc1. The van der Waals surface area contributed by atoms with Crippen LogP contribution in [0.25, 0.3) is 0 Å². The molecule has 2 heterocycles. The zero-order valence-corrected chi connectivity index (χ0v) is 15.6. The first-order valence-electron chi connectivity index (χ1n) is 9.11. The van der Waals surface area contributed by atoms with Crippen molar-refractivity contribution >= 4 is 6.09 Å². The van der Waals surface area contributed by atoms with Crippen LogP contribution in [0.5, 0.6) is 11.6 Å². The van der Waals surface area contributed by atoms with Crippen molar-refractivity contribution in [2.45, 2.75) is 51.7 Å². The number of piperidine rings is 1. The van der Waals surface area contributed by atoms with Crippen LogP contribution in [-0.4, -0.2) is 28.1 Å². The van der Waals surface area contributed by atoms with E-state index in [1.165, 1.54) is 0 Å². The van der Waals surface area contributed by atoms with E-state index in [0.717, 1.165) is 30.6 Å². The summed E-state index contributed by atoms with van der Waals surface area (Å²) in [4.78, 5) is 18.8. The molecule has 5 nitrogen and oxygen atoms in total. The highest BCUT2D eigenvalue weighted by molar-refractivity contribution is 5.69. The fraction of sp³-hybridized carbons (Fsp3) is 0.429. The van der Waals surface area contributed by atoms with E-state index in [0.29, 0.717) is 12.4 Å². The largest absolute Gasteiger partial charge is 0.444 e. The third-order valence-corrected chi connectivity index (χ3v) is 4.24. The molecular formula is C21H26N2O3. The fourth-order valence-corrected chi connectivity index (χ4v) is 3.08. The van der Waals surface area contributed by atoms with Gasteiger partial charge in [-0.15, -0.1) is 0 Å². The quantitative estimate of drug-likeness (QED) is 0.747. The molecule has 5 heteroatoms. The summed E-state index contributed by atoms with van der Waals surface area (Å²) >= 11 is 0. The van der Waals surface area contributed by atoms with Crippen molar-refractivity contribution in [3.8, 4) is 11.6 Å². The maximum atomic E-state index is 12.6. The van der Waals surface area contributed by atoms with Gasteiger partial charge in [-0.25, -0.2) is 9.78 Å². The van der Waals surface area contributed by atoms with Gasteiger partial charge in [-0.2, -0.15) is 0 Å². The highest BCUT2D eigenvalue weighted by Gasteiger charge is 2.31. The molecular weight excluding hydrogens is 328 g/mol. The Labute approximate surface area is 155 Å². The molecule has 1 fully saturated rings. The van der Waals surface area contributed by atoms with E-state index >= 15 is 0 Å². The van der Waals surface area contributed by atoms with Crippen molar-refractivity contribution < 1.29 is 14.3 Å². The molecule has 1 aromatic heterocycles. The maximum absolute atomic E-state index is 12.6. The zero-order valence-electron chi connectivity index (χ0n) is 15.6. The number of amides is 1. The van der Waals surface area contributed by atoms with E-state index in [2.05, 4.69) is 4.98 Å². The van der Waals surface area contributed by atoms with Crippen LogP contribution in [0.2, 0.25) is 0 Å². The van der Waals surface area contributed by atoms with Crippen LogP contribution >= 0.6 is 0 Å². The second-order valence-corrected chi connectivity index (χ2v) is 7.53. The molecule has 0 saturated carbocycles. The number of carbonyl (C=O) groups is 1. The highest BCUT2D eigenvalue weighted by Crippen LogP contribution is 2.32. The van der Waals surface area contributed by atoms with Gasteiger partial charge in [-0.05, 0) is 57.7 Å². The standard InChI is InChI=1S/C21H26N2O3/c1-21(2,3)26-20(24)23-14-8-7-11-18(23)16-12-13-19(22-15-16)25-17-9-5-4-6-10-17/h4-6,9-10,12-13,15,18H,7-8,11,14H2,1-3H3/t18-/m1/s1. The van der Waals surface area contributed by atoms with Gasteiger partial charge in [0.2, 0.25) is 5.88 Å². The average Bonchev–Trinajstić information content (AvgIpc) is 2.62. The molecule has 0 unspecified atom stereocenters. The Kier molecular flexibility index (Phi) is 5.45. The number of para-hydroxylation sites is 1. The molecule has 2 aromatic rings. The summed E-state index contributed by atoms with van der Waals surface area (Å²) in [7, 11) is 0. The topological polar surface area (TPSA) is 51.7 Å². The van der Waals surface area contributed by atoms with Gasteiger partial charge in [0, 0.05) is 18.8 Å². The lowest BCUT2D eigenvalue weighted by molar-refractivity contribution is 0.00948. The molecule has 0 N–H and O–H groups in total. The number of pyridine rings is 1. The van der Waals surface area contributed by atoms with E-state index in [9.17, 15) is 4.79 Å². The predicted molar refractivity (Wildman–Crippen MR) is 100 cm³/mol. The molecule has 0 spiro atoms. The molecule has 0 aliphatic carbocycles. The lowest BCUT2D eigenvalue weighted by Gasteiger charge is -2.36. The number of nitrogens with zero attached hydrogens (tertiary/aromatic N) is 2. The number of hydrogen-bond acceptors (Lipinski definition) is 4. The lowest BCUT2D eigenvalue weighted by Crippen LogP contribution is -2.41. The fourth-order valence-electron chi connectivity index (χ4n) is 3.08. The van der Waals surface area contributed by atoms with E-state index in [-0.39, 0.29) is 12.1 Å². The van der Waals surface area contributed by atoms with Crippen molar-refractivity contribution in [1.82, 2.24) is 9.88 Å². The first kappa shape index (κ1) is 18.2. The second-order valence-electron chi connectivity index (χ2n) is 7.53. The first-order chi connectivity index (χ1) is 12.4. The van der Waals surface area contributed by atoms with Crippen molar-refractivity contribution in [2.75, 3.05) is 6.54 Å². The Morgan fingerprint density at radius 3 is 2.54 bits per heavy atom. The third kappa shape index (κ3) is 4.75. The second kappa shape index (κ2) is 7.77. The minimum Gasteiger partial charge on any atom is -0.444 e. The van der Waals surface area contributed by atoms with Crippen LogP contribution < -0.4 is 4.74 Å². The average molecular weight is 354 g/mol. The van der Waals surface area contributed by atoms with Gasteiger partial charge in [0.25, 0.3) is 0 Å². The van der Waals surface area contributed by atoms with Crippen molar-refractivity contribution in [3.05, 3.63) is 54.2 Å². The van der Waals surface area contributed by atoms with Gasteiger partial charge in [0.1, 0.15) is 11.4 Å². The third-order valence-electron chi connectivity index (χ3n) is 4.24. The highest BCUT2D eigenvalue weighted by atomic mass is 16.6. The Bertz CT molecular complexity index is 723. The van der Waals surface area contributed by atoms with Gasteiger partial charge < -0.3 is 14.4 Å². The van der Waals surface area contributed by atoms with Crippen LogP contribution in [0.3, 0.4) is 0 Å². The number of carbonyl (C=O) groups excluding carboxylic acids is 1. The van der Waals surface area contributed by atoms with Gasteiger partial charge in [0.05, 0.1) is 6.04 Å². The molecule has 138 valence electrons. The summed E-state index contributed by atoms with van der Waals surface area (Å²) in [6.07, 6.45) is 4.54. The van der Waals surface area contributed by atoms with Crippen LogP contribution in [0.1, 0.15) is 51.6 Å². The molecule has 1 aromatic carbocycles. The first-order valence-corrected chi connectivity index (χ1v) is 9.11. The molecule has 26 heavy (non-hydrogen) atoms. The normalized spacial score (nSPS) is 17.7. The summed E-state index contributed by atoms with van der Waals surface area (Å²) in [5.74, 6) is 1.29. The Hall–Kier alpha value is -2.56. The van der Waals surface area contributed by atoms with Gasteiger partial charge >= 0.3 is 6.09 Å². The van der Waals surface area contributed by atoms with E-state index in [1.807, 2.05) is 68.1 Å². The van der Waals surface area contributed by atoms with Crippen molar-refractivity contribution in [2.24, 2.45) is 0 Å². The van der Waals surface area contributed by atoms with Gasteiger partial charge in [-0.1, -0.05) is 24.3 Å². The van der Waals surface area contributed by atoms with E-state index in [4.69, 9.17) is 9.47 Å². The summed E-state index contributed by atoms with van der Waals surface area (Å²) < 4.78 is 11.3. The minimum absolute atomic E-state index is 0.00289. The van der Waals surface area contributed by atoms with Gasteiger partial charge in [0.15, 0.2) is 0 Å². The summed E-state index contributed by atoms with van der Waals surface area (Å²) in [5.41, 5.74) is 0.515. The monoisotopic (exact) mass is 354 g/mol. The van der Waals surface area contributed by atoms with E-state index < -0.39 is 5.60 Å². The summed E-state index contributed by atoms with van der Waals surface area (Å²) in [6.45, 7) is 6.38. The van der Waals surface area contributed by atoms with Crippen molar-refractivity contribution in [3.63, 3.8) is 0 Å². The van der Waals surface area contributed by atoms with Gasteiger partial charge in [-0.3, -0.25) is 0 Å². The summed E-state index contributed by atoms with van der Waals surface area (Å²) in [5, 5.41) is 0. The number of rotatable bonds is 3. The molecule has 1 amide bonds. The Morgan fingerprint density at radius 1 is 1.12 bits per heavy atom. The number of likely N-dealkylation sites (tertiary alicyclic amines) is 1. The molecule has 1 atom stereocenters. The van der Waals surface area contributed by atoms with Crippen LogP contribution in [0.4, 0.5) is 4.79 Å². The van der Waals surface area contributed by atoms with Crippen molar-refractivity contribution in [1.29, 1.82) is 0 Å². The molecule has 1 saturated heterocycles. The Morgan fingerprint density at radius 2 is 1.88 bits per heavy atom. The maximum Gasteiger partial charge on any atom is 0.410 e. The predicted octanol–water partition coefficient (Wildman–Crippen LogP) is 5.34. The molecule has 1 aliphatic rings. The lowest BCUT2D eigenvalue weighted by atomic mass is 9.97. The molecule has 1 aliphatic heterocycles. The zero-order chi connectivity index (χ0) is 18.6. The Balaban J connectivity index is 1.72. The molecule has 3 rings (SSSR count). The van der Waals surface area contributed by atoms with E-state index in [1.54, 1.807) is 6.20 Å². The minimum atomic E-state index is -0.495. The number of benzene rings is 1. The molecule has 0 radical (unpaired) electrons. The van der Waals surface area contributed by atoms with Crippen LogP contribution in [-0.2, 0) is 4.74 Å². The number of aromatic nitrogens is 1. The molecule has 0 bridgehead atoms. The number of hydrogen-bond donors (Lipinski definition) is 0. The van der Waals surface area contributed by atoms with Crippen LogP contribution in [0, 0.1) is 0 Å². The van der Waals surface area contributed by atoms with Crippen LogP contribution in [0.15, 0.2) is 48.7 Å². The summed E-state index contributed by atoms with van der Waals surface area (Å²) in [6, 6.07) is 13.4. The smallest absolute Gasteiger partial charge is 0.410 e.